The Morgan fingerprint density at radius 2 is 1.95 bits per heavy atom. The molecule has 1 aromatic carbocycles. The van der Waals surface area contributed by atoms with Crippen LogP contribution in [0.3, 0.4) is 0 Å². The summed E-state index contributed by atoms with van der Waals surface area (Å²) < 4.78 is 7.17. The number of aryl methyl sites for hydroxylation is 4. The fourth-order valence-corrected chi connectivity index (χ4v) is 3.11. The Balaban J connectivity index is 2.79. The minimum Gasteiger partial charge on any atom is -0.461 e. The van der Waals surface area contributed by atoms with Gasteiger partial charge in [-0.25, -0.2) is 4.79 Å². The average Bonchev–Trinajstić information content (AvgIpc) is 2.75. The van der Waals surface area contributed by atoms with E-state index < -0.39 is 0 Å². The molecule has 0 spiro atoms. The molecule has 120 valence electrons. The Bertz CT molecular complexity index is 713. The number of aliphatic hydroxyl groups is 1. The van der Waals surface area contributed by atoms with Gasteiger partial charge in [0.25, 0.3) is 0 Å². The fourth-order valence-electron chi connectivity index (χ4n) is 3.11. The van der Waals surface area contributed by atoms with Gasteiger partial charge in [-0.15, -0.1) is 0 Å². The van der Waals surface area contributed by atoms with E-state index in [1.54, 1.807) is 0 Å². The summed E-state index contributed by atoms with van der Waals surface area (Å²) >= 11 is 0. The van der Waals surface area contributed by atoms with Crippen molar-refractivity contribution >= 4 is 16.9 Å². The quantitative estimate of drug-likeness (QED) is 0.863. The molecule has 2 rings (SSSR count). The van der Waals surface area contributed by atoms with Gasteiger partial charge in [-0.3, -0.25) is 0 Å². The number of aromatic nitrogens is 1. The van der Waals surface area contributed by atoms with Crippen LogP contribution in [0.25, 0.3) is 10.9 Å². The minimum atomic E-state index is -0.288. The van der Waals surface area contributed by atoms with E-state index in [9.17, 15) is 9.90 Å². The molecule has 0 aliphatic heterocycles. The van der Waals surface area contributed by atoms with Gasteiger partial charge in [0, 0.05) is 24.6 Å². The van der Waals surface area contributed by atoms with Crippen molar-refractivity contribution in [2.45, 2.75) is 40.5 Å². The van der Waals surface area contributed by atoms with E-state index in [0.29, 0.717) is 25.1 Å². The average molecular weight is 303 g/mol. The molecule has 0 radical (unpaired) electrons. The van der Waals surface area contributed by atoms with Crippen molar-refractivity contribution in [1.82, 2.24) is 4.57 Å². The van der Waals surface area contributed by atoms with Crippen LogP contribution < -0.4 is 0 Å². The number of fused-ring (bicyclic) bond motifs is 1. The number of aliphatic hydroxyl groups excluding tert-OH is 1. The predicted octanol–water partition coefficient (Wildman–Crippen LogP) is 3.21. The number of carbonyl (C=O) groups excluding carboxylic acids is 1. The van der Waals surface area contributed by atoms with Crippen LogP contribution in [-0.2, 0) is 18.2 Å². The Kier molecular flexibility index (Phi) is 4.91. The first kappa shape index (κ1) is 16.6. The molecule has 0 fully saturated rings. The predicted molar refractivity (Wildman–Crippen MR) is 88.5 cm³/mol. The van der Waals surface area contributed by atoms with Gasteiger partial charge in [0.2, 0.25) is 0 Å². The zero-order valence-corrected chi connectivity index (χ0v) is 14.1. The highest BCUT2D eigenvalue weighted by Gasteiger charge is 2.23. The molecule has 22 heavy (non-hydrogen) atoms. The van der Waals surface area contributed by atoms with Crippen molar-refractivity contribution in [3.8, 4) is 0 Å². The normalized spacial score (nSPS) is 11.2. The van der Waals surface area contributed by atoms with Gasteiger partial charge >= 0.3 is 5.97 Å². The third-order valence-electron chi connectivity index (χ3n) is 4.48. The Labute approximate surface area is 131 Å². The second kappa shape index (κ2) is 6.53. The van der Waals surface area contributed by atoms with Gasteiger partial charge in [0.1, 0.15) is 5.69 Å². The number of carbonyl (C=O) groups is 1. The molecule has 0 amide bonds. The van der Waals surface area contributed by atoms with Crippen LogP contribution in [0.4, 0.5) is 0 Å². The van der Waals surface area contributed by atoms with Crippen LogP contribution in [0.2, 0.25) is 0 Å². The van der Waals surface area contributed by atoms with Crippen LogP contribution in [-0.4, -0.2) is 28.9 Å². The summed E-state index contributed by atoms with van der Waals surface area (Å²) in [6.07, 6.45) is 1.31. The third-order valence-corrected chi connectivity index (χ3v) is 4.48. The van der Waals surface area contributed by atoms with Crippen molar-refractivity contribution in [1.29, 1.82) is 0 Å². The molecule has 1 heterocycles. The second-order valence-corrected chi connectivity index (χ2v) is 5.77. The molecular weight excluding hydrogens is 278 g/mol. The van der Waals surface area contributed by atoms with Gasteiger partial charge in [-0.2, -0.15) is 0 Å². The highest BCUT2D eigenvalue weighted by molar-refractivity contribution is 6.01. The van der Waals surface area contributed by atoms with E-state index in [1.165, 1.54) is 16.7 Å². The zero-order chi connectivity index (χ0) is 16.4. The van der Waals surface area contributed by atoms with Gasteiger partial charge in [-0.05, 0) is 68.9 Å². The van der Waals surface area contributed by atoms with E-state index in [-0.39, 0.29) is 12.6 Å². The monoisotopic (exact) mass is 303 g/mol. The number of hydrogen-bond acceptors (Lipinski definition) is 3. The smallest absolute Gasteiger partial charge is 0.355 e. The van der Waals surface area contributed by atoms with Gasteiger partial charge in [0.15, 0.2) is 0 Å². The lowest BCUT2D eigenvalue weighted by atomic mass is 9.96. The lowest BCUT2D eigenvalue weighted by Crippen LogP contribution is -2.12. The Morgan fingerprint density at radius 3 is 2.55 bits per heavy atom. The maximum atomic E-state index is 12.4. The number of nitrogens with zero attached hydrogens (tertiary/aromatic N) is 1. The summed E-state index contributed by atoms with van der Waals surface area (Å²) in [5, 5.41) is 10.3. The molecule has 0 aliphatic rings. The molecular formula is C18H25NO3. The standard InChI is InChI=1S/C18H25NO3/c1-6-22-18(21)17-14(8-7-9-20)16-13(4)12(3)11(2)10-15(16)19(17)5/h10,20H,6-9H2,1-5H3. The maximum absolute atomic E-state index is 12.4. The summed E-state index contributed by atoms with van der Waals surface area (Å²) in [5.74, 6) is -0.288. The lowest BCUT2D eigenvalue weighted by molar-refractivity contribution is 0.0514. The molecule has 0 aliphatic carbocycles. The summed E-state index contributed by atoms with van der Waals surface area (Å²) in [4.78, 5) is 12.4. The SMILES string of the molecule is CCOC(=O)c1c(CCCO)c2c(C)c(C)c(C)cc2n1C. The molecule has 0 saturated heterocycles. The van der Waals surface area contributed by atoms with Crippen LogP contribution in [0.1, 0.15) is 46.1 Å². The first-order valence-electron chi connectivity index (χ1n) is 7.80. The molecule has 0 unspecified atom stereocenters. The molecule has 4 nitrogen and oxygen atoms in total. The molecule has 4 heteroatoms. The molecule has 0 saturated carbocycles. The molecule has 1 N–H and O–H groups in total. The van der Waals surface area contributed by atoms with Crippen LogP contribution in [0.15, 0.2) is 6.07 Å². The maximum Gasteiger partial charge on any atom is 0.355 e. The summed E-state index contributed by atoms with van der Waals surface area (Å²) in [5.41, 5.74) is 6.32. The van der Waals surface area contributed by atoms with Crippen molar-refractivity contribution in [3.05, 3.63) is 34.0 Å². The summed E-state index contributed by atoms with van der Waals surface area (Å²) in [7, 11) is 1.91. The number of esters is 1. The second-order valence-electron chi connectivity index (χ2n) is 5.77. The fraction of sp³-hybridized carbons (Fsp3) is 0.500. The van der Waals surface area contributed by atoms with E-state index >= 15 is 0 Å². The first-order valence-corrected chi connectivity index (χ1v) is 7.80. The van der Waals surface area contributed by atoms with Crippen molar-refractivity contribution in [2.75, 3.05) is 13.2 Å². The van der Waals surface area contributed by atoms with Crippen LogP contribution >= 0.6 is 0 Å². The van der Waals surface area contributed by atoms with Gasteiger partial charge in [0.05, 0.1) is 6.61 Å². The van der Waals surface area contributed by atoms with Gasteiger partial charge < -0.3 is 14.4 Å². The first-order chi connectivity index (χ1) is 10.4. The minimum absolute atomic E-state index is 0.114. The van der Waals surface area contributed by atoms with Crippen LogP contribution in [0.5, 0.6) is 0 Å². The van der Waals surface area contributed by atoms with Crippen molar-refractivity contribution in [2.24, 2.45) is 7.05 Å². The number of ether oxygens (including phenoxy) is 1. The largest absolute Gasteiger partial charge is 0.461 e. The lowest BCUT2D eigenvalue weighted by Gasteiger charge is -2.09. The number of benzene rings is 1. The number of rotatable bonds is 5. The topological polar surface area (TPSA) is 51.5 Å². The van der Waals surface area contributed by atoms with E-state index in [4.69, 9.17) is 4.74 Å². The Morgan fingerprint density at radius 1 is 1.27 bits per heavy atom. The highest BCUT2D eigenvalue weighted by atomic mass is 16.5. The van der Waals surface area contributed by atoms with Crippen molar-refractivity contribution < 1.29 is 14.6 Å². The van der Waals surface area contributed by atoms with Crippen molar-refractivity contribution in [3.63, 3.8) is 0 Å². The van der Waals surface area contributed by atoms with Crippen LogP contribution in [0, 0.1) is 20.8 Å². The van der Waals surface area contributed by atoms with E-state index in [0.717, 1.165) is 16.5 Å². The summed E-state index contributed by atoms with van der Waals surface area (Å²) in [6, 6.07) is 2.13. The summed E-state index contributed by atoms with van der Waals surface area (Å²) in [6.45, 7) is 8.58. The highest BCUT2D eigenvalue weighted by Crippen LogP contribution is 2.33. The Hall–Kier alpha value is -1.81. The molecule has 0 bridgehead atoms. The molecule has 0 atom stereocenters. The van der Waals surface area contributed by atoms with E-state index in [2.05, 4.69) is 26.8 Å². The molecule has 1 aromatic heterocycles. The van der Waals surface area contributed by atoms with Gasteiger partial charge in [-0.1, -0.05) is 0 Å². The molecule has 2 aromatic rings. The number of hydrogen-bond donors (Lipinski definition) is 1. The third kappa shape index (κ3) is 2.63. The van der Waals surface area contributed by atoms with E-state index in [1.807, 2.05) is 18.5 Å². The zero-order valence-electron chi connectivity index (χ0n) is 14.1.